The van der Waals surface area contributed by atoms with Gasteiger partial charge < -0.3 is 4.90 Å². The molecule has 5 nitrogen and oxygen atoms in total. The highest BCUT2D eigenvalue weighted by Crippen LogP contribution is 2.30. The van der Waals surface area contributed by atoms with E-state index < -0.39 is 21.8 Å². The lowest BCUT2D eigenvalue weighted by Gasteiger charge is -2.34. The summed E-state index contributed by atoms with van der Waals surface area (Å²) in [5.74, 6) is -0.130. The van der Waals surface area contributed by atoms with Crippen molar-refractivity contribution in [1.29, 1.82) is 0 Å². The van der Waals surface area contributed by atoms with E-state index in [1.807, 2.05) is 18.4 Å². The lowest BCUT2D eigenvalue weighted by molar-refractivity contribution is -0.137. The SMILES string of the molecule is Cc1ccsc1C(=O)N1CCN(S(=O)(=O)c2ccc(C(F)(F)F)cc2)CC1. The van der Waals surface area contributed by atoms with E-state index in [-0.39, 0.29) is 37.0 Å². The Bertz CT molecular complexity index is 929. The molecule has 0 saturated carbocycles. The van der Waals surface area contributed by atoms with Gasteiger partial charge in [-0.2, -0.15) is 17.5 Å². The molecule has 0 radical (unpaired) electrons. The number of carbonyl (C=O) groups excluding carboxylic acids is 1. The van der Waals surface area contributed by atoms with Crippen LogP contribution in [0.3, 0.4) is 0 Å². The fourth-order valence-corrected chi connectivity index (χ4v) is 5.15. The van der Waals surface area contributed by atoms with Gasteiger partial charge >= 0.3 is 6.18 Å². The molecule has 0 aliphatic carbocycles. The maximum Gasteiger partial charge on any atom is 0.416 e. The van der Waals surface area contributed by atoms with E-state index in [1.54, 1.807) is 4.90 Å². The Hall–Kier alpha value is -1.91. The van der Waals surface area contributed by atoms with Gasteiger partial charge in [0, 0.05) is 26.2 Å². The fourth-order valence-electron chi connectivity index (χ4n) is 2.83. The van der Waals surface area contributed by atoms with Gasteiger partial charge in [-0.25, -0.2) is 8.42 Å². The zero-order valence-electron chi connectivity index (χ0n) is 14.4. The fraction of sp³-hybridized carbons (Fsp3) is 0.353. The number of thiophene rings is 1. The molecule has 1 aromatic carbocycles. The van der Waals surface area contributed by atoms with E-state index in [9.17, 15) is 26.4 Å². The molecular formula is C17H17F3N2O3S2. The summed E-state index contributed by atoms with van der Waals surface area (Å²) in [6, 6.07) is 5.29. The second kappa shape index (κ2) is 7.25. The molecule has 0 bridgehead atoms. The summed E-state index contributed by atoms with van der Waals surface area (Å²) < 4.78 is 64.4. The molecule has 0 N–H and O–H groups in total. The number of alkyl halides is 3. The Balaban J connectivity index is 1.69. The van der Waals surface area contributed by atoms with Crippen molar-refractivity contribution in [2.45, 2.75) is 18.0 Å². The minimum Gasteiger partial charge on any atom is -0.335 e. The summed E-state index contributed by atoms with van der Waals surface area (Å²) in [7, 11) is -3.90. The van der Waals surface area contributed by atoms with Crippen LogP contribution >= 0.6 is 11.3 Å². The van der Waals surface area contributed by atoms with E-state index in [0.29, 0.717) is 4.88 Å². The Kier molecular flexibility index (Phi) is 5.33. The molecule has 1 aromatic heterocycles. The topological polar surface area (TPSA) is 57.7 Å². The van der Waals surface area contributed by atoms with Crippen LogP contribution in [0.25, 0.3) is 0 Å². The van der Waals surface area contributed by atoms with Gasteiger partial charge in [-0.3, -0.25) is 4.79 Å². The Morgan fingerprint density at radius 2 is 1.63 bits per heavy atom. The molecule has 0 spiro atoms. The van der Waals surface area contributed by atoms with Crippen molar-refractivity contribution in [3.8, 4) is 0 Å². The first kappa shape index (κ1) is 19.8. The minimum atomic E-state index is -4.52. The first-order valence-corrected chi connectivity index (χ1v) is 10.4. The molecule has 2 aromatic rings. The highest BCUT2D eigenvalue weighted by Gasteiger charge is 2.33. The van der Waals surface area contributed by atoms with Gasteiger partial charge in [-0.05, 0) is 48.2 Å². The van der Waals surface area contributed by atoms with Gasteiger partial charge in [0.05, 0.1) is 15.3 Å². The summed E-state index contributed by atoms with van der Waals surface area (Å²) in [5.41, 5.74) is -0.0204. The normalized spacial score (nSPS) is 16.5. The monoisotopic (exact) mass is 418 g/mol. The molecule has 0 atom stereocenters. The molecule has 1 amide bonds. The number of benzene rings is 1. The standard InChI is InChI=1S/C17H17F3N2O3S2/c1-12-6-11-26-15(12)16(23)21-7-9-22(10-8-21)27(24,25)14-4-2-13(3-5-14)17(18,19)20/h2-6,11H,7-10H2,1H3. The number of rotatable bonds is 3. The molecular weight excluding hydrogens is 401 g/mol. The molecule has 1 saturated heterocycles. The summed E-state index contributed by atoms with van der Waals surface area (Å²) in [4.78, 5) is 14.5. The van der Waals surface area contributed by atoms with Crippen LogP contribution < -0.4 is 0 Å². The van der Waals surface area contributed by atoms with Crippen LogP contribution in [0.2, 0.25) is 0 Å². The molecule has 1 aliphatic heterocycles. The number of carbonyl (C=O) groups is 1. The lowest BCUT2D eigenvalue weighted by atomic mass is 10.2. The van der Waals surface area contributed by atoms with Crippen LogP contribution in [0.5, 0.6) is 0 Å². The van der Waals surface area contributed by atoms with Crippen molar-refractivity contribution in [3.63, 3.8) is 0 Å². The zero-order chi connectivity index (χ0) is 19.8. The first-order valence-electron chi connectivity index (χ1n) is 8.11. The largest absolute Gasteiger partial charge is 0.416 e. The number of nitrogens with zero attached hydrogens (tertiary/aromatic N) is 2. The predicted octanol–water partition coefficient (Wildman–Crippen LogP) is 3.22. The number of halogens is 3. The third-order valence-corrected chi connectivity index (χ3v) is 7.32. The first-order chi connectivity index (χ1) is 12.6. The summed E-state index contributed by atoms with van der Waals surface area (Å²) in [5, 5.41) is 1.83. The van der Waals surface area contributed by atoms with Gasteiger partial charge in [0.2, 0.25) is 10.0 Å². The second-order valence-electron chi connectivity index (χ2n) is 6.15. The van der Waals surface area contributed by atoms with E-state index in [4.69, 9.17) is 0 Å². The number of aryl methyl sites for hydroxylation is 1. The van der Waals surface area contributed by atoms with Crippen molar-refractivity contribution in [2.24, 2.45) is 0 Å². The minimum absolute atomic E-state index is 0.0967. The van der Waals surface area contributed by atoms with Crippen LogP contribution in [0.4, 0.5) is 13.2 Å². The number of sulfonamides is 1. The van der Waals surface area contributed by atoms with E-state index >= 15 is 0 Å². The van der Waals surface area contributed by atoms with E-state index in [0.717, 1.165) is 29.8 Å². The number of amides is 1. The molecule has 2 heterocycles. The molecule has 1 aliphatic rings. The van der Waals surface area contributed by atoms with Crippen molar-refractivity contribution >= 4 is 27.3 Å². The number of piperazine rings is 1. The summed E-state index contributed by atoms with van der Waals surface area (Å²) in [6.07, 6.45) is -4.52. The molecule has 3 rings (SSSR count). The quantitative estimate of drug-likeness (QED) is 0.769. The average molecular weight is 418 g/mol. The highest BCUT2D eigenvalue weighted by molar-refractivity contribution is 7.89. The molecule has 0 unspecified atom stereocenters. The van der Waals surface area contributed by atoms with Crippen LogP contribution in [0.15, 0.2) is 40.6 Å². The van der Waals surface area contributed by atoms with Gasteiger partial charge in [-0.1, -0.05) is 0 Å². The Labute approximate surface area is 159 Å². The number of hydrogen-bond acceptors (Lipinski definition) is 4. The third kappa shape index (κ3) is 4.02. The number of hydrogen-bond donors (Lipinski definition) is 0. The van der Waals surface area contributed by atoms with Gasteiger partial charge in [0.15, 0.2) is 0 Å². The zero-order valence-corrected chi connectivity index (χ0v) is 16.0. The van der Waals surface area contributed by atoms with E-state index in [1.165, 1.54) is 15.6 Å². The molecule has 1 fully saturated rings. The summed E-state index contributed by atoms with van der Waals surface area (Å²) >= 11 is 1.34. The molecule has 10 heteroatoms. The van der Waals surface area contributed by atoms with Crippen molar-refractivity contribution in [2.75, 3.05) is 26.2 Å². The maximum absolute atomic E-state index is 12.7. The maximum atomic E-state index is 12.7. The van der Waals surface area contributed by atoms with Crippen LogP contribution in [0, 0.1) is 6.92 Å². The van der Waals surface area contributed by atoms with Crippen molar-refractivity contribution in [3.05, 3.63) is 51.7 Å². The van der Waals surface area contributed by atoms with Crippen LogP contribution in [-0.2, 0) is 16.2 Å². The molecule has 27 heavy (non-hydrogen) atoms. The molecule has 146 valence electrons. The Morgan fingerprint density at radius 1 is 1.04 bits per heavy atom. The van der Waals surface area contributed by atoms with Crippen LogP contribution in [0.1, 0.15) is 20.8 Å². The van der Waals surface area contributed by atoms with Gasteiger partial charge in [0.25, 0.3) is 5.91 Å². The van der Waals surface area contributed by atoms with Gasteiger partial charge in [0.1, 0.15) is 0 Å². The average Bonchev–Trinajstić information content (AvgIpc) is 3.06. The van der Waals surface area contributed by atoms with Gasteiger partial charge in [-0.15, -0.1) is 11.3 Å². The summed E-state index contributed by atoms with van der Waals surface area (Å²) in [6.45, 7) is 2.50. The second-order valence-corrected chi connectivity index (χ2v) is 9.01. The lowest BCUT2D eigenvalue weighted by Crippen LogP contribution is -2.50. The van der Waals surface area contributed by atoms with Crippen molar-refractivity contribution in [1.82, 2.24) is 9.21 Å². The highest BCUT2D eigenvalue weighted by atomic mass is 32.2. The van der Waals surface area contributed by atoms with Crippen molar-refractivity contribution < 1.29 is 26.4 Å². The third-order valence-electron chi connectivity index (χ3n) is 4.40. The van der Waals surface area contributed by atoms with Crippen LogP contribution in [-0.4, -0.2) is 49.7 Å². The predicted molar refractivity (Wildman–Crippen MR) is 95.2 cm³/mol. The Morgan fingerprint density at radius 3 is 2.11 bits per heavy atom. The van der Waals surface area contributed by atoms with E-state index in [2.05, 4.69) is 0 Å². The smallest absolute Gasteiger partial charge is 0.335 e.